The average Bonchev–Trinajstić information content (AvgIpc) is 3.09. The number of nitrogens with one attached hydrogen (secondary N) is 2. The predicted octanol–water partition coefficient (Wildman–Crippen LogP) is 2.75. The molecule has 6 heteroatoms. The number of guanidine groups is 1. The van der Waals surface area contributed by atoms with Crippen LogP contribution in [-0.4, -0.2) is 27.5 Å². The number of aryl methyl sites for hydroxylation is 2. The number of aliphatic imine (C=N–C) groups is 1. The second-order valence-corrected chi connectivity index (χ2v) is 6.07. The molecule has 0 aliphatic rings. The monoisotopic (exact) mass is 348 g/mol. The third kappa shape index (κ3) is 4.27. The van der Waals surface area contributed by atoms with Crippen LogP contribution in [0.3, 0.4) is 0 Å². The molecule has 2 heterocycles. The zero-order valence-electron chi connectivity index (χ0n) is 15.4. The number of rotatable bonds is 5. The largest absolute Gasteiger partial charge is 0.352 e. The Labute approximate surface area is 154 Å². The molecule has 6 nitrogen and oxygen atoms in total. The fourth-order valence-corrected chi connectivity index (χ4v) is 2.68. The highest BCUT2D eigenvalue weighted by Crippen LogP contribution is 2.08. The predicted molar refractivity (Wildman–Crippen MR) is 104 cm³/mol. The van der Waals surface area contributed by atoms with E-state index in [4.69, 9.17) is 0 Å². The molecule has 0 aliphatic carbocycles. The Hall–Kier alpha value is -3.15. The Bertz CT molecular complexity index is 879. The first-order chi connectivity index (χ1) is 12.7. The van der Waals surface area contributed by atoms with Gasteiger partial charge >= 0.3 is 0 Å². The van der Waals surface area contributed by atoms with Crippen LogP contribution >= 0.6 is 0 Å². The number of imidazole rings is 1. The number of pyridine rings is 1. The van der Waals surface area contributed by atoms with E-state index >= 15 is 0 Å². The summed E-state index contributed by atoms with van der Waals surface area (Å²) in [4.78, 5) is 13.0. The van der Waals surface area contributed by atoms with Crippen LogP contribution in [0.15, 0.2) is 60.0 Å². The molecule has 3 aromatic rings. The van der Waals surface area contributed by atoms with Crippen molar-refractivity contribution in [1.82, 2.24) is 25.2 Å². The highest BCUT2D eigenvalue weighted by Gasteiger charge is 2.04. The second kappa shape index (κ2) is 8.29. The van der Waals surface area contributed by atoms with Crippen molar-refractivity contribution < 1.29 is 0 Å². The summed E-state index contributed by atoms with van der Waals surface area (Å²) >= 11 is 0. The second-order valence-electron chi connectivity index (χ2n) is 6.07. The highest BCUT2D eigenvalue weighted by molar-refractivity contribution is 5.79. The normalized spacial score (nSPS) is 11.4. The van der Waals surface area contributed by atoms with Gasteiger partial charge in [0.15, 0.2) is 5.96 Å². The van der Waals surface area contributed by atoms with Gasteiger partial charge in [-0.3, -0.25) is 9.56 Å². The minimum absolute atomic E-state index is 0.656. The van der Waals surface area contributed by atoms with Crippen molar-refractivity contribution in [2.75, 3.05) is 7.05 Å². The van der Waals surface area contributed by atoms with Crippen molar-refractivity contribution in [1.29, 1.82) is 0 Å². The molecule has 0 spiro atoms. The van der Waals surface area contributed by atoms with Crippen molar-refractivity contribution in [2.45, 2.75) is 26.9 Å². The first-order valence-electron chi connectivity index (χ1n) is 8.61. The molecule has 0 amide bonds. The molecular formula is C20H24N6. The first-order valence-corrected chi connectivity index (χ1v) is 8.61. The minimum Gasteiger partial charge on any atom is -0.352 e. The number of nitrogens with zero attached hydrogens (tertiary/aromatic N) is 4. The van der Waals surface area contributed by atoms with Gasteiger partial charge in [-0.15, -0.1) is 0 Å². The van der Waals surface area contributed by atoms with Crippen LogP contribution in [0.4, 0.5) is 0 Å². The van der Waals surface area contributed by atoms with Gasteiger partial charge in [0.1, 0.15) is 11.6 Å². The van der Waals surface area contributed by atoms with Crippen molar-refractivity contribution in [2.24, 2.45) is 4.99 Å². The molecule has 0 aliphatic heterocycles. The van der Waals surface area contributed by atoms with Gasteiger partial charge in [-0.1, -0.05) is 30.3 Å². The summed E-state index contributed by atoms with van der Waals surface area (Å²) in [6, 6.07) is 12.4. The van der Waals surface area contributed by atoms with Crippen LogP contribution in [0, 0.1) is 13.8 Å². The summed E-state index contributed by atoms with van der Waals surface area (Å²) in [6.07, 6.45) is 5.56. The van der Waals surface area contributed by atoms with E-state index in [0.717, 1.165) is 29.7 Å². The summed E-state index contributed by atoms with van der Waals surface area (Å²) in [5, 5.41) is 6.66. The van der Waals surface area contributed by atoms with Crippen LogP contribution in [0.5, 0.6) is 0 Å². The first kappa shape index (κ1) is 17.7. The summed E-state index contributed by atoms with van der Waals surface area (Å²) in [5.41, 5.74) is 3.62. The third-order valence-electron chi connectivity index (χ3n) is 4.27. The fourth-order valence-electron chi connectivity index (χ4n) is 2.68. The van der Waals surface area contributed by atoms with Gasteiger partial charge in [-0.25, -0.2) is 9.97 Å². The van der Waals surface area contributed by atoms with Crippen LogP contribution in [0.1, 0.15) is 22.5 Å². The molecule has 134 valence electrons. The topological polar surface area (TPSA) is 67.1 Å². The average molecular weight is 348 g/mol. The number of hydrogen-bond donors (Lipinski definition) is 2. The molecule has 2 N–H and O–H groups in total. The molecule has 26 heavy (non-hydrogen) atoms. The quantitative estimate of drug-likeness (QED) is 0.550. The van der Waals surface area contributed by atoms with Gasteiger partial charge in [-0.2, -0.15) is 0 Å². The van der Waals surface area contributed by atoms with Crippen molar-refractivity contribution in [3.63, 3.8) is 0 Å². The maximum absolute atomic E-state index is 4.51. The molecule has 0 fully saturated rings. The Balaban J connectivity index is 1.55. The van der Waals surface area contributed by atoms with Gasteiger partial charge in [0.05, 0.1) is 0 Å². The van der Waals surface area contributed by atoms with Crippen molar-refractivity contribution in [3.8, 4) is 5.82 Å². The highest BCUT2D eigenvalue weighted by atomic mass is 15.2. The molecule has 0 saturated carbocycles. The molecule has 2 aromatic heterocycles. The Morgan fingerprint density at radius 1 is 1.04 bits per heavy atom. The number of aromatic nitrogens is 3. The summed E-state index contributed by atoms with van der Waals surface area (Å²) in [7, 11) is 1.77. The third-order valence-corrected chi connectivity index (χ3v) is 4.27. The molecular weight excluding hydrogens is 324 g/mol. The maximum atomic E-state index is 4.51. The van der Waals surface area contributed by atoms with Gasteiger partial charge in [0.2, 0.25) is 0 Å². The van der Waals surface area contributed by atoms with Gasteiger partial charge < -0.3 is 10.6 Å². The smallest absolute Gasteiger partial charge is 0.191 e. The lowest BCUT2D eigenvalue weighted by atomic mass is 10.1. The standard InChI is InChI=1S/C20H24N6/c1-15-6-4-5-7-18(15)14-25-20(21-3)24-13-17-8-9-19(23-12-17)26-11-10-22-16(26)2/h4-12H,13-14H2,1-3H3,(H2,21,24,25). The maximum Gasteiger partial charge on any atom is 0.191 e. The van der Waals surface area contributed by atoms with Gasteiger partial charge in [0, 0.05) is 38.7 Å². The lowest BCUT2D eigenvalue weighted by Gasteiger charge is -2.13. The Morgan fingerprint density at radius 2 is 1.85 bits per heavy atom. The zero-order valence-corrected chi connectivity index (χ0v) is 15.4. The Kier molecular flexibility index (Phi) is 5.63. The van der Waals surface area contributed by atoms with E-state index in [0.29, 0.717) is 6.54 Å². The lowest BCUT2D eigenvalue weighted by Crippen LogP contribution is -2.36. The SMILES string of the molecule is CN=C(NCc1ccc(-n2ccnc2C)nc1)NCc1ccccc1C. The van der Waals surface area contributed by atoms with Gasteiger partial charge in [-0.05, 0) is 36.6 Å². The van der Waals surface area contributed by atoms with Crippen molar-refractivity contribution in [3.05, 3.63) is 77.5 Å². The number of hydrogen-bond acceptors (Lipinski definition) is 3. The molecule has 0 unspecified atom stereocenters. The van der Waals surface area contributed by atoms with Crippen LogP contribution in [-0.2, 0) is 13.1 Å². The fraction of sp³-hybridized carbons (Fsp3) is 0.250. The van der Waals surface area contributed by atoms with E-state index in [1.165, 1.54) is 11.1 Å². The lowest BCUT2D eigenvalue weighted by molar-refractivity contribution is 0.802. The van der Waals surface area contributed by atoms with E-state index < -0.39 is 0 Å². The summed E-state index contributed by atoms with van der Waals surface area (Å²) in [5.74, 6) is 2.55. The van der Waals surface area contributed by atoms with E-state index in [2.05, 4.69) is 56.8 Å². The molecule has 0 radical (unpaired) electrons. The van der Waals surface area contributed by atoms with E-state index in [1.807, 2.05) is 36.0 Å². The van der Waals surface area contributed by atoms with Crippen molar-refractivity contribution >= 4 is 5.96 Å². The van der Waals surface area contributed by atoms with Crippen LogP contribution in [0.25, 0.3) is 5.82 Å². The van der Waals surface area contributed by atoms with E-state index in [-0.39, 0.29) is 0 Å². The van der Waals surface area contributed by atoms with E-state index in [9.17, 15) is 0 Å². The number of benzene rings is 1. The van der Waals surface area contributed by atoms with Crippen LogP contribution in [0.2, 0.25) is 0 Å². The minimum atomic E-state index is 0.656. The molecule has 0 saturated heterocycles. The molecule has 0 atom stereocenters. The molecule has 0 bridgehead atoms. The summed E-state index contributed by atoms with van der Waals surface area (Å²) < 4.78 is 1.96. The van der Waals surface area contributed by atoms with Crippen LogP contribution < -0.4 is 10.6 Å². The zero-order chi connectivity index (χ0) is 18.4. The molecule has 1 aromatic carbocycles. The summed E-state index contributed by atoms with van der Waals surface area (Å²) in [6.45, 7) is 5.47. The van der Waals surface area contributed by atoms with Gasteiger partial charge in [0.25, 0.3) is 0 Å². The Morgan fingerprint density at radius 3 is 2.50 bits per heavy atom. The van der Waals surface area contributed by atoms with E-state index in [1.54, 1.807) is 13.2 Å². The molecule has 3 rings (SSSR count).